The number of methoxy groups -OCH3 is 1. The van der Waals surface area contributed by atoms with E-state index < -0.39 is 0 Å². The van der Waals surface area contributed by atoms with E-state index in [4.69, 9.17) is 4.74 Å². The number of hydrogen-bond donors (Lipinski definition) is 1. The minimum atomic E-state index is 0.526. The largest absolute Gasteiger partial charge is 0.496 e. The number of benzene rings is 2. The van der Waals surface area contributed by atoms with Crippen molar-refractivity contribution >= 4 is 0 Å². The zero-order chi connectivity index (χ0) is 14.8. The lowest BCUT2D eigenvalue weighted by Crippen LogP contribution is -2.18. The first kappa shape index (κ1) is 14.2. The summed E-state index contributed by atoms with van der Waals surface area (Å²) in [4.78, 5) is 0. The number of nitrogens with one attached hydrogen (secondary N) is 1. The van der Waals surface area contributed by atoms with Crippen LogP contribution in [0.1, 0.15) is 36.1 Å². The van der Waals surface area contributed by atoms with E-state index in [1.54, 1.807) is 7.11 Å². The fourth-order valence-corrected chi connectivity index (χ4v) is 3.29. The minimum absolute atomic E-state index is 0.526. The Morgan fingerprint density at radius 3 is 2.81 bits per heavy atom. The van der Waals surface area contributed by atoms with Gasteiger partial charge in [-0.1, -0.05) is 36.8 Å². The second kappa shape index (κ2) is 5.90. The monoisotopic (exact) mass is 281 g/mol. The number of ether oxygens (including phenoxy) is 1. The Labute approximate surface area is 127 Å². The van der Waals surface area contributed by atoms with Crippen LogP contribution < -0.4 is 10.1 Å². The van der Waals surface area contributed by atoms with Crippen molar-refractivity contribution in [1.29, 1.82) is 0 Å². The molecule has 2 heteroatoms. The zero-order valence-corrected chi connectivity index (χ0v) is 13.1. The molecule has 0 amide bonds. The highest BCUT2D eigenvalue weighted by Crippen LogP contribution is 2.37. The summed E-state index contributed by atoms with van der Waals surface area (Å²) in [6.07, 6.45) is 2.37. The Balaban J connectivity index is 2.00. The van der Waals surface area contributed by atoms with Crippen LogP contribution in [0.3, 0.4) is 0 Å². The lowest BCUT2D eigenvalue weighted by Gasteiger charge is -2.14. The fraction of sp³-hybridized carbons (Fsp3) is 0.368. The molecule has 2 aromatic rings. The molecule has 1 aliphatic carbocycles. The van der Waals surface area contributed by atoms with Crippen LogP contribution in [-0.4, -0.2) is 13.7 Å². The summed E-state index contributed by atoms with van der Waals surface area (Å²) in [5, 5.41) is 3.57. The quantitative estimate of drug-likeness (QED) is 0.903. The highest BCUT2D eigenvalue weighted by molar-refractivity contribution is 5.72. The van der Waals surface area contributed by atoms with Gasteiger partial charge in [-0.15, -0.1) is 0 Å². The molecule has 0 aromatic heterocycles. The van der Waals surface area contributed by atoms with E-state index in [1.165, 1.54) is 34.2 Å². The van der Waals surface area contributed by atoms with E-state index in [0.717, 1.165) is 18.7 Å². The fourth-order valence-electron chi connectivity index (χ4n) is 3.29. The molecule has 2 aromatic carbocycles. The molecule has 110 valence electrons. The second-order valence-corrected chi connectivity index (χ2v) is 5.77. The Bertz CT molecular complexity index is 648. The van der Waals surface area contributed by atoms with E-state index in [1.807, 2.05) is 0 Å². The van der Waals surface area contributed by atoms with Crippen LogP contribution in [0.2, 0.25) is 0 Å². The maximum Gasteiger partial charge on any atom is 0.126 e. The third kappa shape index (κ3) is 2.68. The third-order valence-electron chi connectivity index (χ3n) is 4.34. The van der Waals surface area contributed by atoms with Crippen molar-refractivity contribution in [2.75, 3.05) is 13.7 Å². The van der Waals surface area contributed by atoms with Gasteiger partial charge in [-0.05, 0) is 55.1 Å². The average Bonchev–Trinajstić information content (AvgIpc) is 2.90. The predicted molar refractivity (Wildman–Crippen MR) is 87.9 cm³/mol. The second-order valence-electron chi connectivity index (χ2n) is 5.77. The van der Waals surface area contributed by atoms with Crippen LogP contribution in [-0.2, 0) is 6.42 Å². The number of aryl methyl sites for hydroxylation is 2. The van der Waals surface area contributed by atoms with Gasteiger partial charge >= 0.3 is 0 Å². The number of rotatable bonds is 4. The Morgan fingerprint density at radius 2 is 2.05 bits per heavy atom. The van der Waals surface area contributed by atoms with Crippen molar-refractivity contribution in [2.24, 2.45) is 0 Å². The third-order valence-corrected chi connectivity index (χ3v) is 4.34. The molecular weight excluding hydrogens is 258 g/mol. The highest BCUT2D eigenvalue weighted by atomic mass is 16.5. The van der Waals surface area contributed by atoms with E-state index in [2.05, 4.69) is 55.6 Å². The molecule has 0 heterocycles. The van der Waals surface area contributed by atoms with Gasteiger partial charge in [-0.3, -0.25) is 0 Å². The summed E-state index contributed by atoms with van der Waals surface area (Å²) >= 11 is 0. The summed E-state index contributed by atoms with van der Waals surface area (Å²) < 4.78 is 5.52. The summed E-state index contributed by atoms with van der Waals surface area (Å²) in [5.74, 6) is 0.946. The summed E-state index contributed by atoms with van der Waals surface area (Å²) in [5.41, 5.74) is 6.64. The Kier molecular flexibility index (Phi) is 3.98. The van der Waals surface area contributed by atoms with Crippen LogP contribution in [0, 0.1) is 6.92 Å². The lowest BCUT2D eigenvalue weighted by molar-refractivity contribution is 0.416. The first-order chi connectivity index (χ1) is 10.2. The number of fused-ring (bicyclic) bond motifs is 1. The summed E-state index contributed by atoms with van der Waals surface area (Å²) in [7, 11) is 1.74. The van der Waals surface area contributed by atoms with Crippen molar-refractivity contribution in [3.05, 3.63) is 53.1 Å². The molecule has 3 rings (SSSR count). The lowest BCUT2D eigenvalue weighted by atomic mass is 9.98. The van der Waals surface area contributed by atoms with Crippen LogP contribution in [0.15, 0.2) is 36.4 Å². The van der Waals surface area contributed by atoms with Gasteiger partial charge in [0.15, 0.2) is 0 Å². The molecule has 0 radical (unpaired) electrons. The molecule has 2 nitrogen and oxygen atoms in total. The highest BCUT2D eigenvalue weighted by Gasteiger charge is 2.22. The van der Waals surface area contributed by atoms with Crippen molar-refractivity contribution in [1.82, 2.24) is 5.32 Å². The van der Waals surface area contributed by atoms with Crippen molar-refractivity contribution in [2.45, 2.75) is 32.7 Å². The predicted octanol–water partition coefficient (Wildman–Crippen LogP) is 4.27. The SMILES string of the molecule is CCNC1CCc2cc(-c3cc(C)ccc3OC)ccc21. The van der Waals surface area contributed by atoms with E-state index in [9.17, 15) is 0 Å². The van der Waals surface area contributed by atoms with Gasteiger partial charge in [0.05, 0.1) is 7.11 Å². The molecule has 0 saturated carbocycles. The van der Waals surface area contributed by atoms with Crippen molar-refractivity contribution < 1.29 is 4.74 Å². The summed E-state index contributed by atoms with van der Waals surface area (Å²) in [6, 6.07) is 13.7. The van der Waals surface area contributed by atoms with Crippen LogP contribution in [0.25, 0.3) is 11.1 Å². The molecule has 0 fully saturated rings. The molecule has 1 N–H and O–H groups in total. The maximum atomic E-state index is 5.52. The molecule has 1 unspecified atom stereocenters. The first-order valence-corrected chi connectivity index (χ1v) is 7.74. The number of hydrogen-bond acceptors (Lipinski definition) is 2. The molecule has 1 atom stereocenters. The molecule has 0 saturated heterocycles. The molecule has 0 bridgehead atoms. The van der Waals surface area contributed by atoms with Gasteiger partial charge in [0, 0.05) is 11.6 Å². The maximum absolute atomic E-state index is 5.52. The van der Waals surface area contributed by atoms with Crippen molar-refractivity contribution in [3.63, 3.8) is 0 Å². The standard InChI is InChI=1S/C19H23NO/c1-4-20-18-9-7-14-12-15(6-8-16(14)18)17-11-13(2)5-10-19(17)21-3/h5-6,8,10-12,18,20H,4,7,9H2,1-3H3. The molecule has 1 aliphatic rings. The van der Waals surface area contributed by atoms with Crippen LogP contribution in [0.5, 0.6) is 5.75 Å². The molecular formula is C19H23NO. The van der Waals surface area contributed by atoms with E-state index >= 15 is 0 Å². The normalized spacial score (nSPS) is 16.8. The van der Waals surface area contributed by atoms with Gasteiger partial charge in [0.1, 0.15) is 5.75 Å². The Morgan fingerprint density at radius 1 is 1.19 bits per heavy atom. The Hall–Kier alpha value is -1.80. The van der Waals surface area contributed by atoms with Crippen LogP contribution in [0.4, 0.5) is 0 Å². The van der Waals surface area contributed by atoms with Gasteiger partial charge in [-0.25, -0.2) is 0 Å². The smallest absolute Gasteiger partial charge is 0.126 e. The van der Waals surface area contributed by atoms with Crippen LogP contribution >= 0.6 is 0 Å². The van der Waals surface area contributed by atoms with E-state index in [0.29, 0.717) is 6.04 Å². The van der Waals surface area contributed by atoms with Gasteiger partial charge in [0.25, 0.3) is 0 Å². The molecule has 21 heavy (non-hydrogen) atoms. The van der Waals surface area contributed by atoms with E-state index in [-0.39, 0.29) is 0 Å². The zero-order valence-electron chi connectivity index (χ0n) is 13.1. The first-order valence-electron chi connectivity index (χ1n) is 7.74. The van der Waals surface area contributed by atoms with Crippen molar-refractivity contribution in [3.8, 4) is 16.9 Å². The molecule has 0 aliphatic heterocycles. The minimum Gasteiger partial charge on any atom is -0.496 e. The average molecular weight is 281 g/mol. The van der Waals surface area contributed by atoms with Gasteiger partial charge in [-0.2, -0.15) is 0 Å². The van der Waals surface area contributed by atoms with Gasteiger partial charge in [0.2, 0.25) is 0 Å². The summed E-state index contributed by atoms with van der Waals surface area (Å²) in [6.45, 7) is 5.32. The van der Waals surface area contributed by atoms with Gasteiger partial charge < -0.3 is 10.1 Å². The molecule has 0 spiro atoms. The topological polar surface area (TPSA) is 21.3 Å².